The van der Waals surface area contributed by atoms with Crippen molar-refractivity contribution in [2.45, 2.75) is 6.54 Å². The molecular weight excluding hydrogens is 301 g/mol. The van der Waals surface area contributed by atoms with Gasteiger partial charge >= 0.3 is 5.69 Å². The van der Waals surface area contributed by atoms with Crippen LogP contribution in [-0.4, -0.2) is 46.9 Å². The largest absolute Gasteiger partial charge is 0.379 e. The van der Waals surface area contributed by atoms with E-state index in [-0.39, 0.29) is 0 Å². The van der Waals surface area contributed by atoms with E-state index in [4.69, 9.17) is 4.74 Å². The minimum Gasteiger partial charge on any atom is -0.379 e. The zero-order valence-electron chi connectivity index (χ0n) is 12.7. The first kappa shape index (κ1) is 15.6. The normalized spacial score (nSPS) is 15.7. The smallest absolute Gasteiger partial charge is 0.335 e. The maximum Gasteiger partial charge on any atom is 0.335 e. The molecule has 2 heterocycles. The lowest BCUT2D eigenvalue weighted by molar-refractivity contribution is 0.0362. The van der Waals surface area contributed by atoms with Gasteiger partial charge in [-0.05, 0) is 24.3 Å². The molecule has 0 aliphatic carbocycles. The Morgan fingerprint density at radius 1 is 1.00 bits per heavy atom. The molecule has 0 N–H and O–H groups in total. The van der Waals surface area contributed by atoms with E-state index >= 15 is 0 Å². The van der Waals surface area contributed by atoms with Crippen molar-refractivity contribution in [1.29, 1.82) is 0 Å². The summed E-state index contributed by atoms with van der Waals surface area (Å²) in [7, 11) is 0. The van der Waals surface area contributed by atoms with E-state index in [1.54, 1.807) is 0 Å². The molecule has 1 fully saturated rings. The Morgan fingerprint density at radius 3 is 2.39 bits per heavy atom. The Bertz CT molecular complexity index is 776. The summed E-state index contributed by atoms with van der Waals surface area (Å²) in [5, 5.41) is 0. The molecule has 23 heavy (non-hydrogen) atoms. The van der Waals surface area contributed by atoms with Crippen molar-refractivity contribution in [2.75, 3.05) is 32.8 Å². The predicted molar refractivity (Wildman–Crippen MR) is 83.5 cm³/mol. The van der Waals surface area contributed by atoms with Crippen LogP contribution in [0.1, 0.15) is 0 Å². The number of aromatic nitrogens is 2. The molecule has 1 aromatic carbocycles. The van der Waals surface area contributed by atoms with Gasteiger partial charge in [0.25, 0.3) is 5.56 Å². The number of ether oxygens (including phenoxy) is 1. The van der Waals surface area contributed by atoms with E-state index < -0.39 is 17.1 Å². The lowest BCUT2D eigenvalue weighted by Crippen LogP contribution is -2.42. The summed E-state index contributed by atoms with van der Waals surface area (Å²) in [4.78, 5) is 26.8. The van der Waals surface area contributed by atoms with Crippen LogP contribution in [0, 0.1) is 5.82 Å². The molecule has 0 atom stereocenters. The second-order valence-corrected chi connectivity index (χ2v) is 5.40. The summed E-state index contributed by atoms with van der Waals surface area (Å²) in [5.74, 6) is -0.412. The highest BCUT2D eigenvalue weighted by atomic mass is 19.1. The average Bonchev–Trinajstić information content (AvgIpc) is 2.57. The molecular formula is C16H18FN3O3. The number of rotatable bonds is 4. The Hall–Kier alpha value is -2.25. The van der Waals surface area contributed by atoms with Crippen LogP contribution in [0.15, 0.2) is 46.1 Å². The van der Waals surface area contributed by atoms with Gasteiger partial charge in [0.15, 0.2) is 0 Å². The third kappa shape index (κ3) is 3.57. The molecule has 0 radical (unpaired) electrons. The highest BCUT2D eigenvalue weighted by Gasteiger charge is 2.12. The zero-order chi connectivity index (χ0) is 16.2. The van der Waals surface area contributed by atoms with Gasteiger partial charge < -0.3 is 4.74 Å². The standard InChI is InChI=1S/C16H18FN3O3/c17-13-1-3-14(4-2-13)20-15(21)5-6-19(16(20)22)8-7-18-9-11-23-12-10-18/h1-6H,7-12H2. The summed E-state index contributed by atoms with van der Waals surface area (Å²) in [6, 6.07) is 6.65. The molecule has 0 unspecified atom stereocenters. The fraction of sp³-hybridized carbons (Fsp3) is 0.375. The number of morpholine rings is 1. The number of halogens is 1. The maximum atomic E-state index is 13.0. The molecule has 0 amide bonds. The molecule has 1 saturated heterocycles. The molecule has 3 rings (SSSR count). The molecule has 1 aliphatic rings. The van der Waals surface area contributed by atoms with Crippen LogP contribution < -0.4 is 11.2 Å². The summed E-state index contributed by atoms with van der Waals surface area (Å²) < 4.78 is 20.9. The van der Waals surface area contributed by atoms with Gasteiger partial charge in [-0.25, -0.2) is 13.8 Å². The second kappa shape index (κ2) is 6.89. The molecule has 1 aliphatic heterocycles. The highest BCUT2D eigenvalue weighted by Crippen LogP contribution is 2.04. The monoisotopic (exact) mass is 319 g/mol. The quantitative estimate of drug-likeness (QED) is 0.822. The van der Waals surface area contributed by atoms with Crippen LogP contribution in [0.2, 0.25) is 0 Å². The van der Waals surface area contributed by atoms with Crippen LogP contribution in [-0.2, 0) is 11.3 Å². The summed E-state index contributed by atoms with van der Waals surface area (Å²) in [6.07, 6.45) is 1.51. The molecule has 1 aromatic heterocycles. The zero-order valence-corrected chi connectivity index (χ0v) is 12.7. The van der Waals surface area contributed by atoms with Gasteiger partial charge in [0.2, 0.25) is 0 Å². The van der Waals surface area contributed by atoms with Gasteiger partial charge in [-0.3, -0.25) is 14.3 Å². The van der Waals surface area contributed by atoms with Crippen LogP contribution >= 0.6 is 0 Å². The Kier molecular flexibility index (Phi) is 4.68. The van der Waals surface area contributed by atoms with Crippen LogP contribution in [0.5, 0.6) is 0 Å². The van der Waals surface area contributed by atoms with E-state index in [0.717, 1.165) is 17.7 Å². The van der Waals surface area contributed by atoms with Crippen LogP contribution in [0.3, 0.4) is 0 Å². The van der Waals surface area contributed by atoms with Crippen molar-refractivity contribution in [1.82, 2.24) is 14.0 Å². The number of hydrogen-bond donors (Lipinski definition) is 0. The maximum absolute atomic E-state index is 13.0. The number of nitrogens with zero attached hydrogens (tertiary/aromatic N) is 3. The van der Waals surface area contributed by atoms with Crippen molar-refractivity contribution < 1.29 is 9.13 Å². The molecule has 2 aromatic rings. The predicted octanol–water partition coefficient (Wildman–Crippen LogP) is 0.470. The van der Waals surface area contributed by atoms with Crippen molar-refractivity contribution in [3.05, 3.63) is 63.2 Å². The third-order valence-electron chi connectivity index (χ3n) is 3.90. The lowest BCUT2D eigenvalue weighted by Gasteiger charge is -2.26. The van der Waals surface area contributed by atoms with Gasteiger partial charge in [0, 0.05) is 38.4 Å². The van der Waals surface area contributed by atoms with Gasteiger partial charge in [0.05, 0.1) is 18.9 Å². The van der Waals surface area contributed by atoms with Gasteiger partial charge in [-0.15, -0.1) is 0 Å². The minimum atomic E-state index is -0.427. The summed E-state index contributed by atoms with van der Waals surface area (Å²) >= 11 is 0. The van der Waals surface area contributed by atoms with Crippen molar-refractivity contribution in [3.63, 3.8) is 0 Å². The third-order valence-corrected chi connectivity index (χ3v) is 3.90. The van der Waals surface area contributed by atoms with E-state index in [1.165, 1.54) is 41.1 Å². The first-order valence-corrected chi connectivity index (χ1v) is 7.54. The van der Waals surface area contributed by atoms with E-state index in [0.29, 0.717) is 32.0 Å². The second-order valence-electron chi connectivity index (χ2n) is 5.40. The average molecular weight is 319 g/mol. The van der Waals surface area contributed by atoms with Crippen molar-refractivity contribution >= 4 is 0 Å². The van der Waals surface area contributed by atoms with E-state index in [1.807, 2.05) is 0 Å². The fourth-order valence-corrected chi connectivity index (χ4v) is 2.59. The fourth-order valence-electron chi connectivity index (χ4n) is 2.59. The lowest BCUT2D eigenvalue weighted by atomic mass is 10.3. The number of hydrogen-bond acceptors (Lipinski definition) is 4. The highest BCUT2D eigenvalue weighted by molar-refractivity contribution is 5.31. The SMILES string of the molecule is O=c1ccn(CCN2CCOCC2)c(=O)n1-c1ccc(F)cc1. The van der Waals surface area contributed by atoms with Gasteiger partial charge in [0.1, 0.15) is 5.82 Å². The first-order chi connectivity index (χ1) is 11.1. The van der Waals surface area contributed by atoms with E-state index in [9.17, 15) is 14.0 Å². The number of benzene rings is 1. The molecule has 0 spiro atoms. The molecule has 0 saturated carbocycles. The van der Waals surface area contributed by atoms with Crippen LogP contribution in [0.4, 0.5) is 4.39 Å². The van der Waals surface area contributed by atoms with Gasteiger partial charge in [-0.1, -0.05) is 0 Å². The Labute approximate surface area is 132 Å². The van der Waals surface area contributed by atoms with Crippen molar-refractivity contribution in [3.8, 4) is 5.69 Å². The van der Waals surface area contributed by atoms with Crippen molar-refractivity contribution in [2.24, 2.45) is 0 Å². The summed E-state index contributed by atoms with van der Waals surface area (Å²) in [6.45, 7) is 4.28. The molecule has 0 bridgehead atoms. The molecule has 6 nitrogen and oxygen atoms in total. The Balaban J connectivity index is 1.85. The van der Waals surface area contributed by atoms with Crippen LogP contribution in [0.25, 0.3) is 5.69 Å². The van der Waals surface area contributed by atoms with E-state index in [2.05, 4.69) is 4.90 Å². The Morgan fingerprint density at radius 2 is 1.70 bits per heavy atom. The summed E-state index contributed by atoms with van der Waals surface area (Å²) in [5.41, 5.74) is -0.483. The first-order valence-electron chi connectivity index (χ1n) is 7.54. The minimum absolute atomic E-state index is 0.363. The molecule has 122 valence electrons. The topological polar surface area (TPSA) is 56.5 Å². The molecule has 7 heteroatoms. The van der Waals surface area contributed by atoms with Gasteiger partial charge in [-0.2, -0.15) is 0 Å².